The Kier molecular flexibility index (Phi) is 7.57. The van der Waals surface area contributed by atoms with Crippen molar-refractivity contribution in [1.29, 1.82) is 5.26 Å². The highest BCUT2D eigenvalue weighted by Crippen LogP contribution is 2.49. The smallest absolute Gasteiger partial charge is 0.248 e. The van der Waals surface area contributed by atoms with Crippen molar-refractivity contribution in [2.75, 3.05) is 39.9 Å². The van der Waals surface area contributed by atoms with Crippen LogP contribution < -0.4 is 10.1 Å². The van der Waals surface area contributed by atoms with Gasteiger partial charge in [0, 0.05) is 47.2 Å². The number of nitrogens with one attached hydrogen (secondary N) is 1. The molecule has 4 saturated heterocycles. The lowest BCUT2D eigenvalue weighted by Gasteiger charge is -2.38. The Morgan fingerprint density at radius 3 is 2.74 bits per heavy atom. The quantitative estimate of drug-likeness (QED) is 0.224. The highest BCUT2D eigenvalue weighted by atomic mass is 19.1. The molecule has 10 heteroatoms. The normalized spacial score (nSPS) is 24.3. The van der Waals surface area contributed by atoms with Crippen molar-refractivity contribution in [3.63, 3.8) is 0 Å². The fourth-order valence-corrected chi connectivity index (χ4v) is 9.30. The number of pyridine rings is 1. The maximum Gasteiger partial charge on any atom is 0.248 e. The van der Waals surface area contributed by atoms with Gasteiger partial charge in [-0.1, -0.05) is 30.3 Å². The third kappa shape index (κ3) is 4.82. The van der Waals surface area contributed by atoms with Crippen LogP contribution in [0.4, 0.5) is 4.39 Å². The second-order valence-corrected chi connectivity index (χ2v) is 14.7. The van der Waals surface area contributed by atoms with Crippen molar-refractivity contribution in [3.05, 3.63) is 71.2 Å². The molecule has 6 heterocycles. The van der Waals surface area contributed by atoms with Gasteiger partial charge in [0.2, 0.25) is 11.8 Å². The van der Waals surface area contributed by atoms with Crippen LogP contribution in [0.25, 0.3) is 43.7 Å². The van der Waals surface area contributed by atoms with Gasteiger partial charge in [-0.2, -0.15) is 5.26 Å². The van der Waals surface area contributed by atoms with Gasteiger partial charge in [-0.05, 0) is 87.3 Å². The number of carbonyl (C=O) groups excluding carboxylic acids is 1. The lowest BCUT2D eigenvalue weighted by Crippen LogP contribution is -2.43. The molecule has 1 N–H and O–H groups in total. The number of carbonyl (C=O) groups is 1. The lowest BCUT2D eigenvalue weighted by molar-refractivity contribution is -0.143. The summed E-state index contributed by atoms with van der Waals surface area (Å²) in [5.41, 5.74) is 4.53. The molecular weight excluding hydrogens is 631 g/mol. The number of nitrogens with zero attached hydrogens (tertiary/aromatic N) is 5. The van der Waals surface area contributed by atoms with Crippen molar-refractivity contribution in [2.45, 2.75) is 63.9 Å². The molecule has 5 fully saturated rings. The maximum atomic E-state index is 17.5. The number of hydrogen-bond acceptors (Lipinski definition) is 7. The SMILES string of the molecule is Cc1cc2c(nc(O[C@@H](C)[C@@H]3CCCN3C)c3cc(CN4CCOCC4=O)n([C@H]4[C@H]5CN[C@@H]4C5)c32)c(F)c1-c1cccc2cccc(C#N)c12. The summed E-state index contributed by atoms with van der Waals surface area (Å²) in [4.78, 5) is 22.2. The van der Waals surface area contributed by atoms with E-state index in [1.54, 1.807) is 6.07 Å². The summed E-state index contributed by atoms with van der Waals surface area (Å²) in [6, 6.07) is 18.6. The summed E-state index contributed by atoms with van der Waals surface area (Å²) in [5.74, 6) is 0.403. The van der Waals surface area contributed by atoms with Gasteiger partial charge in [-0.25, -0.2) is 9.37 Å². The van der Waals surface area contributed by atoms with Crippen LogP contribution in [0.5, 0.6) is 5.88 Å². The van der Waals surface area contributed by atoms with Crippen LogP contribution >= 0.6 is 0 Å². The zero-order valence-electron chi connectivity index (χ0n) is 28.7. The highest BCUT2D eigenvalue weighted by molar-refractivity contribution is 6.10. The second-order valence-electron chi connectivity index (χ2n) is 14.7. The van der Waals surface area contributed by atoms with Gasteiger partial charge in [0.05, 0.1) is 41.7 Å². The number of halogens is 1. The fraction of sp³-hybridized carbons (Fsp3) is 0.425. The van der Waals surface area contributed by atoms with Gasteiger partial charge in [0.1, 0.15) is 18.2 Å². The van der Waals surface area contributed by atoms with Crippen LogP contribution in [0.1, 0.15) is 49.0 Å². The molecule has 0 radical (unpaired) electrons. The summed E-state index contributed by atoms with van der Waals surface area (Å²) in [6.07, 6.45) is 3.05. The molecular formula is C40H41FN6O3. The average Bonchev–Trinajstić information content (AvgIpc) is 3.92. The molecule has 3 aromatic carbocycles. The summed E-state index contributed by atoms with van der Waals surface area (Å²) in [6.45, 7) is 7.51. The first-order valence-corrected chi connectivity index (χ1v) is 17.9. The van der Waals surface area contributed by atoms with Gasteiger partial charge in [-0.15, -0.1) is 0 Å². The van der Waals surface area contributed by atoms with E-state index in [2.05, 4.69) is 47.0 Å². The van der Waals surface area contributed by atoms with E-state index in [4.69, 9.17) is 14.5 Å². The monoisotopic (exact) mass is 672 g/mol. The van der Waals surface area contributed by atoms with Gasteiger partial charge >= 0.3 is 0 Å². The summed E-state index contributed by atoms with van der Waals surface area (Å²) >= 11 is 0. The van der Waals surface area contributed by atoms with E-state index in [1.807, 2.05) is 42.2 Å². The largest absolute Gasteiger partial charge is 0.472 e. The minimum absolute atomic E-state index is 0.0292. The van der Waals surface area contributed by atoms with Gasteiger partial charge in [-0.3, -0.25) is 9.69 Å². The number of nitriles is 1. The van der Waals surface area contributed by atoms with Crippen LogP contribution in [-0.4, -0.2) is 83.3 Å². The van der Waals surface area contributed by atoms with E-state index < -0.39 is 5.82 Å². The molecule has 2 aromatic heterocycles. The number of ether oxygens (including phenoxy) is 2. The molecule has 5 aromatic rings. The molecule has 50 heavy (non-hydrogen) atoms. The van der Waals surface area contributed by atoms with Crippen molar-refractivity contribution in [3.8, 4) is 23.1 Å². The van der Waals surface area contributed by atoms with Crippen LogP contribution in [0.3, 0.4) is 0 Å². The van der Waals surface area contributed by atoms with Crippen molar-refractivity contribution in [1.82, 2.24) is 24.7 Å². The first kappa shape index (κ1) is 31.4. The Hall–Kier alpha value is -4.56. The van der Waals surface area contributed by atoms with E-state index in [0.717, 1.165) is 70.7 Å². The van der Waals surface area contributed by atoms with Crippen molar-refractivity contribution < 1.29 is 18.7 Å². The minimum Gasteiger partial charge on any atom is -0.472 e. The van der Waals surface area contributed by atoms with E-state index in [0.29, 0.717) is 54.2 Å². The molecule has 9 nitrogen and oxygen atoms in total. The third-order valence-corrected chi connectivity index (χ3v) is 11.8. The summed E-state index contributed by atoms with van der Waals surface area (Å²) < 4.78 is 32.2. The third-order valence-electron chi connectivity index (χ3n) is 11.8. The van der Waals surface area contributed by atoms with Crippen LogP contribution in [0.15, 0.2) is 48.5 Å². The Morgan fingerprint density at radius 1 is 1.18 bits per heavy atom. The van der Waals surface area contributed by atoms with Crippen LogP contribution in [-0.2, 0) is 16.1 Å². The van der Waals surface area contributed by atoms with Gasteiger partial charge in [0.25, 0.3) is 0 Å². The maximum absolute atomic E-state index is 17.5. The number of aromatic nitrogens is 2. The Bertz CT molecular complexity index is 2220. The Balaban J connectivity index is 1.31. The molecule has 5 atom stereocenters. The van der Waals surface area contributed by atoms with Gasteiger partial charge in [0.15, 0.2) is 5.82 Å². The molecule has 1 aliphatic carbocycles. The number of rotatable bonds is 7. The standard InChI is InChI=1S/C40H41FN6O3/c1-22-15-29-37(36(41)34(22)28-10-5-8-24-7-4-9-25(18-42)35(24)28)44-40(50-23(2)32-11-6-12-45(32)3)30-17-27(20-46-13-14-49-21-33(46)48)47(39(29)30)38-26-16-31(38)43-19-26/h4-5,7-10,15,17,23,26,31-32,38,43H,6,11-14,16,19-21H2,1-3H3/t23-,26+,31+,32-,38-/m0/s1. The van der Waals surface area contributed by atoms with Crippen LogP contribution in [0.2, 0.25) is 0 Å². The molecule has 10 rings (SSSR count). The minimum atomic E-state index is -0.426. The number of benzene rings is 3. The summed E-state index contributed by atoms with van der Waals surface area (Å²) in [7, 11) is 2.13. The molecule has 5 aliphatic rings. The van der Waals surface area contributed by atoms with E-state index in [9.17, 15) is 10.1 Å². The molecule has 1 amide bonds. The first-order valence-electron chi connectivity index (χ1n) is 17.9. The number of fused-ring (bicyclic) bond motifs is 5. The van der Waals surface area contributed by atoms with Gasteiger partial charge < -0.3 is 24.3 Å². The molecule has 0 unspecified atom stereocenters. The van der Waals surface area contributed by atoms with Crippen LogP contribution in [0, 0.1) is 30.0 Å². The zero-order valence-corrected chi connectivity index (χ0v) is 28.7. The molecule has 2 bridgehead atoms. The Labute approximate surface area is 290 Å². The topological polar surface area (TPSA) is 95.7 Å². The van der Waals surface area contributed by atoms with Crippen molar-refractivity contribution in [2.24, 2.45) is 5.92 Å². The average molecular weight is 673 g/mol. The number of morpholine rings is 1. The lowest BCUT2D eigenvalue weighted by atomic mass is 9.79. The number of hydrogen-bond donors (Lipinski definition) is 1. The predicted molar refractivity (Wildman–Crippen MR) is 191 cm³/mol. The molecule has 0 spiro atoms. The van der Waals surface area contributed by atoms with E-state index >= 15 is 4.39 Å². The Morgan fingerprint density at radius 2 is 2.02 bits per heavy atom. The van der Waals surface area contributed by atoms with E-state index in [-0.39, 0.29) is 36.2 Å². The highest BCUT2D eigenvalue weighted by Gasteiger charge is 2.49. The number of likely N-dealkylation sites (tertiary alicyclic amines) is 1. The van der Waals surface area contributed by atoms with Crippen molar-refractivity contribution >= 4 is 38.5 Å². The molecule has 4 aliphatic heterocycles. The number of aryl methyl sites for hydroxylation is 1. The molecule has 1 saturated carbocycles. The zero-order chi connectivity index (χ0) is 34.3. The summed E-state index contributed by atoms with van der Waals surface area (Å²) in [5, 5.41) is 16.9. The molecule has 256 valence electrons. The predicted octanol–water partition coefficient (Wildman–Crippen LogP) is 6.08. The number of likely N-dealkylation sites (N-methyl/N-ethyl adjacent to an activating group) is 1. The fourth-order valence-electron chi connectivity index (χ4n) is 9.30. The number of amides is 1. The first-order chi connectivity index (χ1) is 24.3. The second kappa shape index (κ2) is 12.0. The van der Waals surface area contributed by atoms with E-state index in [1.165, 1.54) is 0 Å².